The number of carbonyl (C=O) groups is 2. The molecule has 0 fully saturated rings. The average Bonchev–Trinajstić information content (AvgIpc) is 2.57. The molecule has 0 aliphatic heterocycles. The third-order valence-electron chi connectivity index (χ3n) is 3.55. The van der Waals surface area contributed by atoms with Crippen LogP contribution < -0.4 is 9.47 Å². The van der Waals surface area contributed by atoms with E-state index in [1.54, 1.807) is 36.4 Å². The molecule has 0 aliphatic rings. The predicted octanol–water partition coefficient (Wildman–Crippen LogP) is 4.70. The molecule has 0 saturated carbocycles. The molecule has 126 valence electrons. The zero-order valence-corrected chi connectivity index (χ0v) is 14.1. The van der Waals surface area contributed by atoms with Crippen LogP contribution in [0.25, 0.3) is 0 Å². The fraction of sp³-hybridized carbons (Fsp3) is 0.300. The minimum absolute atomic E-state index is 0.243. The summed E-state index contributed by atoms with van der Waals surface area (Å²) in [5, 5.41) is 0. The largest absolute Gasteiger partial charge is 0.423 e. The normalized spacial score (nSPS) is 10.2. The van der Waals surface area contributed by atoms with Crippen LogP contribution >= 0.6 is 0 Å². The topological polar surface area (TPSA) is 52.6 Å². The lowest BCUT2D eigenvalue weighted by atomic mass is 10.1. The highest BCUT2D eigenvalue weighted by Gasteiger charge is 2.14. The summed E-state index contributed by atoms with van der Waals surface area (Å²) in [4.78, 5) is 24.1. The highest BCUT2D eigenvalue weighted by atomic mass is 16.6. The number of hydrogen-bond donors (Lipinski definition) is 0. The van der Waals surface area contributed by atoms with E-state index in [4.69, 9.17) is 9.47 Å². The molecule has 0 atom stereocenters. The summed E-state index contributed by atoms with van der Waals surface area (Å²) in [5.74, 6) is -0.293. The Morgan fingerprint density at radius 2 is 1.50 bits per heavy atom. The van der Waals surface area contributed by atoms with Crippen molar-refractivity contribution in [2.75, 3.05) is 0 Å². The number of benzene rings is 2. The first-order valence-corrected chi connectivity index (χ1v) is 8.18. The Labute approximate surface area is 142 Å². The van der Waals surface area contributed by atoms with Crippen LogP contribution in [0.15, 0.2) is 48.5 Å². The molecule has 2 aromatic carbocycles. The first kappa shape index (κ1) is 17.7. The molecule has 24 heavy (non-hydrogen) atoms. The van der Waals surface area contributed by atoms with Crippen LogP contribution in [0.1, 0.15) is 48.5 Å². The molecule has 4 nitrogen and oxygen atoms in total. The molecule has 0 aromatic heterocycles. The third kappa shape index (κ3) is 5.23. The molecule has 0 saturated heterocycles. The molecular weight excluding hydrogens is 304 g/mol. The summed E-state index contributed by atoms with van der Waals surface area (Å²) < 4.78 is 10.7. The minimum Gasteiger partial charge on any atom is -0.423 e. The van der Waals surface area contributed by atoms with Crippen molar-refractivity contribution in [2.45, 2.75) is 39.5 Å². The number of unbranched alkanes of at least 4 members (excludes halogenated alkanes) is 2. The molecule has 0 radical (unpaired) electrons. The summed E-state index contributed by atoms with van der Waals surface area (Å²) in [7, 11) is 0. The van der Waals surface area contributed by atoms with E-state index in [0.29, 0.717) is 12.0 Å². The smallest absolute Gasteiger partial charge is 0.343 e. The maximum absolute atomic E-state index is 12.2. The van der Waals surface area contributed by atoms with Gasteiger partial charge < -0.3 is 9.47 Å². The molecule has 0 amide bonds. The van der Waals surface area contributed by atoms with Gasteiger partial charge in [-0.1, -0.05) is 49.6 Å². The number of rotatable bonds is 7. The van der Waals surface area contributed by atoms with Crippen molar-refractivity contribution < 1.29 is 19.1 Å². The molecule has 0 heterocycles. The minimum atomic E-state index is -0.482. The summed E-state index contributed by atoms with van der Waals surface area (Å²) >= 11 is 0. The molecule has 0 aliphatic carbocycles. The van der Waals surface area contributed by atoms with Crippen LogP contribution in [-0.2, 0) is 4.79 Å². The Balaban J connectivity index is 2.04. The van der Waals surface area contributed by atoms with Crippen molar-refractivity contribution in [3.8, 4) is 11.5 Å². The maximum Gasteiger partial charge on any atom is 0.343 e. The Hall–Kier alpha value is -2.62. The zero-order chi connectivity index (χ0) is 17.4. The fourth-order valence-corrected chi connectivity index (χ4v) is 2.16. The van der Waals surface area contributed by atoms with Crippen molar-refractivity contribution in [1.29, 1.82) is 0 Å². The number of esters is 2. The van der Waals surface area contributed by atoms with Gasteiger partial charge >= 0.3 is 11.9 Å². The second-order valence-corrected chi connectivity index (χ2v) is 5.63. The first-order chi connectivity index (χ1) is 11.6. The maximum atomic E-state index is 12.2. The lowest BCUT2D eigenvalue weighted by molar-refractivity contribution is -0.134. The van der Waals surface area contributed by atoms with Crippen molar-refractivity contribution >= 4 is 11.9 Å². The number of hydrogen-bond acceptors (Lipinski definition) is 4. The fourth-order valence-electron chi connectivity index (χ4n) is 2.16. The van der Waals surface area contributed by atoms with Crippen LogP contribution in [0, 0.1) is 6.92 Å². The van der Waals surface area contributed by atoms with Gasteiger partial charge in [0.1, 0.15) is 0 Å². The van der Waals surface area contributed by atoms with E-state index in [2.05, 4.69) is 6.92 Å². The van der Waals surface area contributed by atoms with Gasteiger partial charge in [0.2, 0.25) is 0 Å². The van der Waals surface area contributed by atoms with E-state index in [0.717, 1.165) is 24.8 Å². The third-order valence-corrected chi connectivity index (χ3v) is 3.55. The molecule has 0 bridgehead atoms. The van der Waals surface area contributed by atoms with Crippen molar-refractivity contribution in [1.82, 2.24) is 0 Å². The summed E-state index contributed by atoms with van der Waals surface area (Å²) in [6, 6.07) is 13.8. The number of ether oxygens (including phenoxy) is 2. The van der Waals surface area contributed by atoms with Gasteiger partial charge in [0.05, 0.1) is 5.56 Å². The monoisotopic (exact) mass is 326 g/mol. The highest BCUT2D eigenvalue weighted by molar-refractivity contribution is 5.91. The van der Waals surface area contributed by atoms with Gasteiger partial charge in [0, 0.05) is 6.42 Å². The van der Waals surface area contributed by atoms with Gasteiger partial charge in [-0.15, -0.1) is 0 Å². The van der Waals surface area contributed by atoms with Gasteiger partial charge in [-0.2, -0.15) is 0 Å². The average molecular weight is 326 g/mol. The Bertz CT molecular complexity index is 689. The SMILES string of the molecule is CCCCCC(=O)Oc1ccccc1OC(=O)c1ccc(C)cc1. The molecule has 0 unspecified atom stereocenters. The van der Waals surface area contributed by atoms with Gasteiger partial charge in [0.25, 0.3) is 0 Å². The van der Waals surface area contributed by atoms with Crippen molar-refractivity contribution in [3.05, 3.63) is 59.7 Å². The van der Waals surface area contributed by atoms with Gasteiger partial charge in [-0.05, 0) is 37.6 Å². The van der Waals surface area contributed by atoms with Gasteiger partial charge in [-0.3, -0.25) is 4.79 Å². The Kier molecular flexibility index (Phi) is 6.55. The van der Waals surface area contributed by atoms with Gasteiger partial charge in [-0.25, -0.2) is 4.79 Å². The number of aryl methyl sites for hydroxylation is 1. The van der Waals surface area contributed by atoms with E-state index in [9.17, 15) is 9.59 Å². The molecule has 0 spiro atoms. The Morgan fingerprint density at radius 1 is 0.875 bits per heavy atom. The van der Waals surface area contributed by atoms with Gasteiger partial charge in [0.15, 0.2) is 11.5 Å². The van der Waals surface area contributed by atoms with Crippen molar-refractivity contribution in [3.63, 3.8) is 0 Å². The molecule has 2 aromatic rings. The summed E-state index contributed by atoms with van der Waals surface area (Å²) in [6.07, 6.45) is 3.17. The predicted molar refractivity (Wildman–Crippen MR) is 92.4 cm³/mol. The number of carbonyl (C=O) groups excluding carboxylic acids is 2. The second kappa shape index (κ2) is 8.87. The lowest BCUT2D eigenvalue weighted by Gasteiger charge is -2.10. The summed E-state index contributed by atoms with van der Waals surface area (Å²) in [6.45, 7) is 4.02. The first-order valence-electron chi connectivity index (χ1n) is 8.18. The highest BCUT2D eigenvalue weighted by Crippen LogP contribution is 2.28. The standard InChI is InChI=1S/C20H22O4/c1-3-4-5-10-19(21)23-17-8-6-7-9-18(17)24-20(22)16-13-11-15(2)12-14-16/h6-9,11-14H,3-5,10H2,1-2H3. The quantitative estimate of drug-likeness (QED) is 0.420. The van der Waals surface area contributed by atoms with Crippen LogP contribution in [0.5, 0.6) is 11.5 Å². The Morgan fingerprint density at radius 3 is 2.12 bits per heavy atom. The van der Waals surface area contributed by atoms with E-state index >= 15 is 0 Å². The second-order valence-electron chi connectivity index (χ2n) is 5.63. The van der Waals surface area contributed by atoms with E-state index in [-0.39, 0.29) is 17.5 Å². The van der Waals surface area contributed by atoms with E-state index in [1.165, 1.54) is 0 Å². The molecule has 4 heteroatoms. The van der Waals surface area contributed by atoms with Crippen LogP contribution in [0.2, 0.25) is 0 Å². The molecular formula is C20H22O4. The lowest BCUT2D eigenvalue weighted by Crippen LogP contribution is -2.12. The van der Waals surface area contributed by atoms with Crippen LogP contribution in [-0.4, -0.2) is 11.9 Å². The van der Waals surface area contributed by atoms with E-state index in [1.807, 2.05) is 19.1 Å². The van der Waals surface area contributed by atoms with Crippen LogP contribution in [0.4, 0.5) is 0 Å². The zero-order valence-electron chi connectivity index (χ0n) is 14.1. The van der Waals surface area contributed by atoms with E-state index < -0.39 is 5.97 Å². The van der Waals surface area contributed by atoms with Crippen LogP contribution in [0.3, 0.4) is 0 Å². The van der Waals surface area contributed by atoms with Crippen molar-refractivity contribution in [2.24, 2.45) is 0 Å². The molecule has 0 N–H and O–H groups in total. The summed E-state index contributed by atoms with van der Waals surface area (Å²) in [5.41, 5.74) is 1.51. The molecule has 2 rings (SSSR count). The number of para-hydroxylation sites is 2.